The number of hydrogen-bond acceptors (Lipinski definition) is 5. The highest BCUT2D eigenvalue weighted by Gasteiger charge is 2.17. The third-order valence-corrected chi connectivity index (χ3v) is 3.19. The number of nitrogens with zero attached hydrogens (tertiary/aromatic N) is 4. The van der Waals surface area contributed by atoms with Crippen LogP contribution in [-0.4, -0.2) is 45.1 Å². The molecule has 1 unspecified atom stereocenters. The first kappa shape index (κ1) is 16.1. The molecule has 0 aliphatic carbocycles. The van der Waals surface area contributed by atoms with Crippen molar-refractivity contribution in [2.75, 3.05) is 13.6 Å². The summed E-state index contributed by atoms with van der Waals surface area (Å²) in [5.41, 5.74) is 5.92. The Balaban J connectivity index is 2.46. The van der Waals surface area contributed by atoms with Crippen LogP contribution in [0.3, 0.4) is 0 Å². The van der Waals surface area contributed by atoms with Gasteiger partial charge >= 0.3 is 5.82 Å². The van der Waals surface area contributed by atoms with Gasteiger partial charge in [0.1, 0.15) is 6.54 Å². The highest BCUT2D eigenvalue weighted by atomic mass is 16.6. The molecule has 1 aromatic heterocycles. The van der Waals surface area contributed by atoms with Crippen molar-refractivity contribution in [3.63, 3.8) is 0 Å². The van der Waals surface area contributed by atoms with E-state index in [1.807, 2.05) is 13.8 Å². The first-order chi connectivity index (χ1) is 9.31. The summed E-state index contributed by atoms with van der Waals surface area (Å²) in [5, 5.41) is 14.2. The lowest BCUT2D eigenvalue weighted by molar-refractivity contribution is -0.389. The molecule has 0 bridgehead atoms. The molecule has 0 fully saturated rings. The lowest BCUT2D eigenvalue weighted by Gasteiger charge is -2.21. The summed E-state index contributed by atoms with van der Waals surface area (Å²) in [6.07, 6.45) is 2.14. The summed E-state index contributed by atoms with van der Waals surface area (Å²) < 4.78 is 1.26. The molecule has 112 valence electrons. The van der Waals surface area contributed by atoms with E-state index in [2.05, 4.69) is 5.10 Å². The fraction of sp³-hybridized carbons (Fsp3) is 0.667. The van der Waals surface area contributed by atoms with Gasteiger partial charge in [-0.05, 0) is 17.3 Å². The van der Waals surface area contributed by atoms with E-state index in [1.54, 1.807) is 11.9 Å². The van der Waals surface area contributed by atoms with Crippen molar-refractivity contribution >= 4 is 11.7 Å². The van der Waals surface area contributed by atoms with Crippen molar-refractivity contribution in [2.45, 2.75) is 32.9 Å². The molecule has 1 atom stereocenters. The Morgan fingerprint density at radius 3 is 2.75 bits per heavy atom. The van der Waals surface area contributed by atoms with E-state index in [1.165, 1.54) is 16.9 Å². The van der Waals surface area contributed by atoms with Crippen molar-refractivity contribution in [3.05, 3.63) is 22.4 Å². The first-order valence-electron chi connectivity index (χ1n) is 6.48. The minimum Gasteiger partial charge on any atom is -0.358 e. The van der Waals surface area contributed by atoms with Gasteiger partial charge in [0.25, 0.3) is 0 Å². The number of carbonyl (C=O) groups is 1. The van der Waals surface area contributed by atoms with Gasteiger partial charge in [-0.1, -0.05) is 13.8 Å². The van der Waals surface area contributed by atoms with Gasteiger partial charge in [0, 0.05) is 19.6 Å². The molecular formula is C12H21N5O3. The van der Waals surface area contributed by atoms with Crippen LogP contribution in [0.25, 0.3) is 0 Å². The minimum absolute atomic E-state index is 0.0126. The highest BCUT2D eigenvalue weighted by Crippen LogP contribution is 2.06. The van der Waals surface area contributed by atoms with Gasteiger partial charge < -0.3 is 20.7 Å². The van der Waals surface area contributed by atoms with Crippen LogP contribution in [0.4, 0.5) is 5.82 Å². The maximum absolute atomic E-state index is 11.9. The van der Waals surface area contributed by atoms with Crippen molar-refractivity contribution in [1.29, 1.82) is 0 Å². The SMILES string of the molecule is CC(C)C(N)CCN(C)C(=O)Cn1ccc([N+](=O)[O-])n1. The molecule has 1 heterocycles. The van der Waals surface area contributed by atoms with Gasteiger partial charge in [-0.2, -0.15) is 4.68 Å². The van der Waals surface area contributed by atoms with Gasteiger partial charge in [0.15, 0.2) is 0 Å². The number of nitrogens with two attached hydrogens (primary N) is 1. The smallest absolute Gasteiger partial charge is 0.358 e. The largest absolute Gasteiger partial charge is 0.389 e. The zero-order valence-electron chi connectivity index (χ0n) is 12.0. The number of amides is 1. The molecule has 8 nitrogen and oxygen atoms in total. The molecule has 0 aromatic carbocycles. The highest BCUT2D eigenvalue weighted by molar-refractivity contribution is 5.75. The second-order valence-corrected chi connectivity index (χ2v) is 5.14. The minimum atomic E-state index is -0.591. The van der Waals surface area contributed by atoms with Crippen LogP contribution < -0.4 is 5.73 Å². The second-order valence-electron chi connectivity index (χ2n) is 5.14. The Morgan fingerprint density at radius 2 is 2.25 bits per heavy atom. The maximum Gasteiger partial charge on any atom is 0.389 e. The summed E-state index contributed by atoms with van der Waals surface area (Å²) >= 11 is 0. The molecule has 0 radical (unpaired) electrons. The van der Waals surface area contributed by atoms with E-state index >= 15 is 0 Å². The van der Waals surface area contributed by atoms with Crippen LogP contribution in [0, 0.1) is 16.0 Å². The molecule has 0 saturated carbocycles. The molecule has 20 heavy (non-hydrogen) atoms. The molecule has 2 N–H and O–H groups in total. The molecule has 8 heteroatoms. The van der Waals surface area contributed by atoms with E-state index in [9.17, 15) is 14.9 Å². The number of carbonyl (C=O) groups excluding carboxylic acids is 1. The fourth-order valence-electron chi connectivity index (χ4n) is 1.60. The number of aromatic nitrogens is 2. The van der Waals surface area contributed by atoms with Gasteiger partial charge in [-0.25, -0.2) is 0 Å². The predicted molar refractivity (Wildman–Crippen MR) is 73.9 cm³/mol. The Morgan fingerprint density at radius 1 is 1.60 bits per heavy atom. The molecule has 1 rings (SSSR count). The number of hydrogen-bond donors (Lipinski definition) is 1. The summed E-state index contributed by atoms with van der Waals surface area (Å²) in [6.45, 7) is 4.62. The van der Waals surface area contributed by atoms with Crippen molar-refractivity contribution in [3.8, 4) is 0 Å². The average Bonchev–Trinajstić information content (AvgIpc) is 2.83. The summed E-state index contributed by atoms with van der Waals surface area (Å²) in [7, 11) is 1.69. The van der Waals surface area contributed by atoms with Crippen LogP contribution in [-0.2, 0) is 11.3 Å². The number of rotatable bonds is 7. The molecule has 1 amide bonds. The number of nitro groups is 1. The van der Waals surface area contributed by atoms with Crippen molar-refractivity contribution in [2.24, 2.45) is 11.7 Å². The van der Waals surface area contributed by atoms with E-state index in [4.69, 9.17) is 5.73 Å². The van der Waals surface area contributed by atoms with Crippen molar-refractivity contribution in [1.82, 2.24) is 14.7 Å². The van der Waals surface area contributed by atoms with Gasteiger partial charge in [0.05, 0.1) is 17.4 Å². The van der Waals surface area contributed by atoms with Crippen LogP contribution in [0.2, 0.25) is 0 Å². The van der Waals surface area contributed by atoms with Crippen LogP contribution >= 0.6 is 0 Å². The van der Waals surface area contributed by atoms with E-state index < -0.39 is 4.92 Å². The first-order valence-corrected chi connectivity index (χ1v) is 6.48. The standard InChI is InChI=1S/C12H21N5O3/c1-9(2)10(13)4-6-15(3)12(18)8-16-7-5-11(14-16)17(19)20/h5,7,9-10H,4,6,8,13H2,1-3H3. The Hall–Kier alpha value is -1.96. The lowest BCUT2D eigenvalue weighted by Crippen LogP contribution is -2.36. The predicted octanol–water partition coefficient (Wildman–Crippen LogP) is 0.623. The van der Waals surface area contributed by atoms with Crippen molar-refractivity contribution < 1.29 is 9.72 Å². The molecule has 0 saturated heterocycles. The third-order valence-electron chi connectivity index (χ3n) is 3.19. The van der Waals surface area contributed by atoms with E-state index in [0.717, 1.165) is 6.42 Å². The topological polar surface area (TPSA) is 107 Å². The molecule has 0 spiro atoms. The average molecular weight is 283 g/mol. The normalized spacial score (nSPS) is 12.4. The maximum atomic E-state index is 11.9. The second kappa shape index (κ2) is 6.99. The summed E-state index contributed by atoms with van der Waals surface area (Å²) in [5.74, 6) is -0.0477. The summed E-state index contributed by atoms with van der Waals surface area (Å²) in [4.78, 5) is 23.4. The Kier molecular flexibility index (Phi) is 5.63. The van der Waals surface area contributed by atoms with E-state index in [0.29, 0.717) is 12.5 Å². The fourth-order valence-corrected chi connectivity index (χ4v) is 1.60. The van der Waals surface area contributed by atoms with Gasteiger partial charge in [-0.15, -0.1) is 0 Å². The Labute approximate surface area is 117 Å². The van der Waals surface area contributed by atoms with E-state index in [-0.39, 0.29) is 24.3 Å². The Bertz CT molecular complexity index is 471. The zero-order valence-corrected chi connectivity index (χ0v) is 12.0. The van der Waals surface area contributed by atoms with Gasteiger partial charge in [0.2, 0.25) is 5.91 Å². The monoisotopic (exact) mass is 283 g/mol. The molecule has 0 aliphatic heterocycles. The molecule has 0 aliphatic rings. The number of likely N-dealkylation sites (N-methyl/N-ethyl adjacent to an activating group) is 1. The van der Waals surface area contributed by atoms with Crippen LogP contribution in [0.15, 0.2) is 12.3 Å². The van der Waals surface area contributed by atoms with Gasteiger partial charge in [-0.3, -0.25) is 4.79 Å². The quantitative estimate of drug-likeness (QED) is 0.583. The molecular weight excluding hydrogens is 262 g/mol. The van der Waals surface area contributed by atoms with Crippen LogP contribution in [0.5, 0.6) is 0 Å². The third kappa shape index (κ3) is 4.61. The van der Waals surface area contributed by atoms with Crippen LogP contribution in [0.1, 0.15) is 20.3 Å². The molecule has 1 aromatic rings. The lowest BCUT2D eigenvalue weighted by atomic mass is 10.0. The zero-order chi connectivity index (χ0) is 15.3. The summed E-state index contributed by atoms with van der Waals surface area (Å²) in [6, 6.07) is 1.32.